The minimum absolute atomic E-state index is 0.214. The highest BCUT2D eigenvalue weighted by atomic mass is 32.1. The number of benzene rings is 1. The lowest BCUT2D eigenvalue weighted by molar-refractivity contribution is 0.623. The second-order valence-electron chi connectivity index (χ2n) is 5.04. The van der Waals surface area contributed by atoms with E-state index >= 15 is 0 Å². The number of hydrogen-bond acceptors (Lipinski definition) is 3. The maximum atomic E-state index is 14.0. The van der Waals surface area contributed by atoms with Gasteiger partial charge in [-0.15, -0.1) is 0 Å². The van der Waals surface area contributed by atoms with Crippen LogP contribution in [0.4, 0.5) is 10.1 Å². The Morgan fingerprint density at radius 1 is 1.40 bits per heavy atom. The zero-order valence-corrected chi connectivity index (χ0v) is 11.8. The molecule has 2 aromatic rings. The fourth-order valence-electron chi connectivity index (χ4n) is 2.40. The summed E-state index contributed by atoms with van der Waals surface area (Å²) in [4.78, 5) is 2.17. The fourth-order valence-corrected chi connectivity index (χ4v) is 3.06. The number of thiophene rings is 1. The quantitative estimate of drug-likeness (QED) is 0.655. The molecule has 3 rings (SSSR count). The summed E-state index contributed by atoms with van der Waals surface area (Å²) in [5.74, 6) is -0.639. The zero-order valence-electron chi connectivity index (χ0n) is 11.0. The van der Waals surface area contributed by atoms with E-state index in [-0.39, 0.29) is 11.4 Å². The van der Waals surface area contributed by atoms with Crippen molar-refractivity contribution in [1.29, 1.82) is 5.41 Å². The lowest BCUT2D eigenvalue weighted by Gasteiger charge is -2.26. The third kappa shape index (κ3) is 2.54. The van der Waals surface area contributed by atoms with Gasteiger partial charge in [0.2, 0.25) is 0 Å². The van der Waals surface area contributed by atoms with E-state index in [1.165, 1.54) is 11.6 Å². The fraction of sp³-hybridized carbons (Fsp3) is 0.267. The number of nitrogen functional groups attached to an aromatic ring is 1. The molecule has 5 heteroatoms. The van der Waals surface area contributed by atoms with Gasteiger partial charge in [-0.3, -0.25) is 5.41 Å². The molecule has 0 atom stereocenters. The summed E-state index contributed by atoms with van der Waals surface area (Å²) < 4.78 is 14.0. The van der Waals surface area contributed by atoms with Gasteiger partial charge in [-0.05, 0) is 47.4 Å². The van der Waals surface area contributed by atoms with Crippen LogP contribution >= 0.6 is 11.3 Å². The molecule has 0 aliphatic heterocycles. The Balaban J connectivity index is 1.99. The minimum Gasteiger partial charge on any atom is -0.384 e. The van der Waals surface area contributed by atoms with Gasteiger partial charge in [0, 0.05) is 12.6 Å². The molecular weight excluding hydrogens is 273 g/mol. The monoisotopic (exact) mass is 289 g/mol. The molecule has 1 aromatic heterocycles. The van der Waals surface area contributed by atoms with Crippen LogP contribution < -0.4 is 10.6 Å². The van der Waals surface area contributed by atoms with Crippen molar-refractivity contribution < 1.29 is 4.39 Å². The maximum Gasteiger partial charge on any atom is 0.136 e. The van der Waals surface area contributed by atoms with E-state index in [0.717, 1.165) is 25.1 Å². The van der Waals surface area contributed by atoms with E-state index in [1.807, 2.05) is 11.4 Å². The number of nitrogens with one attached hydrogen (secondary N) is 1. The highest BCUT2D eigenvalue weighted by Crippen LogP contribution is 2.35. The van der Waals surface area contributed by atoms with Gasteiger partial charge in [-0.25, -0.2) is 4.39 Å². The van der Waals surface area contributed by atoms with Gasteiger partial charge in [0.25, 0.3) is 0 Å². The van der Waals surface area contributed by atoms with Crippen LogP contribution in [0.3, 0.4) is 0 Å². The van der Waals surface area contributed by atoms with Gasteiger partial charge in [0.1, 0.15) is 11.7 Å². The van der Waals surface area contributed by atoms with E-state index in [0.29, 0.717) is 6.04 Å². The van der Waals surface area contributed by atoms with E-state index in [4.69, 9.17) is 11.1 Å². The SMILES string of the molecule is N=C(N)c1c(F)cccc1N(Cc1ccsc1)C1CC1. The van der Waals surface area contributed by atoms with Crippen molar-refractivity contribution >= 4 is 22.9 Å². The molecule has 1 aliphatic carbocycles. The summed E-state index contributed by atoms with van der Waals surface area (Å²) in [5, 5.41) is 11.8. The predicted octanol–water partition coefficient (Wildman–Crippen LogP) is 3.34. The van der Waals surface area contributed by atoms with E-state index < -0.39 is 5.82 Å². The number of nitrogens with zero attached hydrogens (tertiary/aromatic N) is 1. The van der Waals surface area contributed by atoms with Gasteiger partial charge < -0.3 is 10.6 Å². The second-order valence-corrected chi connectivity index (χ2v) is 5.82. The molecule has 0 unspecified atom stereocenters. The average Bonchev–Trinajstić information content (AvgIpc) is 3.12. The smallest absolute Gasteiger partial charge is 0.136 e. The summed E-state index contributed by atoms with van der Waals surface area (Å²) in [5.41, 5.74) is 7.72. The Bertz CT molecular complexity index is 620. The van der Waals surface area contributed by atoms with Crippen molar-refractivity contribution in [2.75, 3.05) is 4.90 Å². The molecule has 104 valence electrons. The third-order valence-electron chi connectivity index (χ3n) is 3.49. The standard InChI is InChI=1S/C15H16FN3S/c16-12-2-1-3-13(14(12)15(17)18)19(11-4-5-11)8-10-6-7-20-9-10/h1-3,6-7,9,11H,4-5,8H2,(H3,17,18). The van der Waals surface area contributed by atoms with Crippen LogP contribution in [0.25, 0.3) is 0 Å². The van der Waals surface area contributed by atoms with Crippen molar-refractivity contribution in [2.45, 2.75) is 25.4 Å². The molecule has 1 aromatic carbocycles. The van der Waals surface area contributed by atoms with Gasteiger partial charge in [-0.2, -0.15) is 11.3 Å². The van der Waals surface area contributed by atoms with Gasteiger partial charge in [-0.1, -0.05) is 6.07 Å². The molecule has 0 bridgehead atoms. The second kappa shape index (κ2) is 5.25. The van der Waals surface area contributed by atoms with E-state index in [9.17, 15) is 4.39 Å². The first kappa shape index (κ1) is 13.1. The lowest BCUT2D eigenvalue weighted by Crippen LogP contribution is -2.28. The highest BCUT2D eigenvalue weighted by molar-refractivity contribution is 7.07. The number of rotatable bonds is 5. The lowest BCUT2D eigenvalue weighted by atomic mass is 10.1. The molecule has 1 aliphatic rings. The first-order valence-electron chi connectivity index (χ1n) is 6.57. The van der Waals surface area contributed by atoms with Gasteiger partial charge in [0.05, 0.1) is 11.3 Å². The van der Waals surface area contributed by atoms with Crippen LogP contribution in [-0.4, -0.2) is 11.9 Å². The summed E-state index contributed by atoms with van der Waals surface area (Å²) in [6, 6.07) is 7.39. The Labute approximate surface area is 121 Å². The molecule has 0 saturated heterocycles. The van der Waals surface area contributed by atoms with Gasteiger partial charge in [0.15, 0.2) is 0 Å². The number of anilines is 1. The van der Waals surface area contributed by atoms with Crippen LogP contribution in [0.1, 0.15) is 24.0 Å². The summed E-state index contributed by atoms with van der Waals surface area (Å²) in [7, 11) is 0. The number of hydrogen-bond donors (Lipinski definition) is 2. The van der Waals surface area contributed by atoms with Crippen LogP contribution in [0.5, 0.6) is 0 Å². The first-order valence-corrected chi connectivity index (χ1v) is 7.51. The van der Waals surface area contributed by atoms with E-state index in [2.05, 4.69) is 16.3 Å². The molecule has 1 saturated carbocycles. The molecule has 0 spiro atoms. The molecule has 3 nitrogen and oxygen atoms in total. The van der Waals surface area contributed by atoms with E-state index in [1.54, 1.807) is 17.4 Å². The molecule has 0 amide bonds. The minimum atomic E-state index is -0.425. The summed E-state index contributed by atoms with van der Waals surface area (Å²) in [6.07, 6.45) is 2.22. The summed E-state index contributed by atoms with van der Waals surface area (Å²) >= 11 is 1.65. The molecule has 1 fully saturated rings. The topological polar surface area (TPSA) is 53.1 Å². The summed E-state index contributed by atoms with van der Waals surface area (Å²) in [6.45, 7) is 0.734. The molecule has 20 heavy (non-hydrogen) atoms. The van der Waals surface area contributed by atoms with Crippen molar-refractivity contribution in [3.05, 3.63) is 52.0 Å². The van der Waals surface area contributed by atoms with Crippen molar-refractivity contribution in [3.63, 3.8) is 0 Å². The van der Waals surface area contributed by atoms with Gasteiger partial charge >= 0.3 is 0 Å². The number of halogens is 1. The van der Waals surface area contributed by atoms with Crippen molar-refractivity contribution in [3.8, 4) is 0 Å². The van der Waals surface area contributed by atoms with Crippen molar-refractivity contribution in [2.24, 2.45) is 5.73 Å². The Kier molecular flexibility index (Phi) is 3.44. The first-order chi connectivity index (χ1) is 9.66. The molecule has 0 radical (unpaired) electrons. The number of nitrogens with two attached hydrogens (primary N) is 1. The predicted molar refractivity (Wildman–Crippen MR) is 80.9 cm³/mol. The normalized spacial score (nSPS) is 14.2. The van der Waals surface area contributed by atoms with Crippen LogP contribution in [0.2, 0.25) is 0 Å². The highest BCUT2D eigenvalue weighted by Gasteiger charge is 2.31. The Hall–Kier alpha value is -1.88. The Morgan fingerprint density at radius 2 is 2.20 bits per heavy atom. The molecule has 3 N–H and O–H groups in total. The van der Waals surface area contributed by atoms with Crippen LogP contribution in [-0.2, 0) is 6.54 Å². The van der Waals surface area contributed by atoms with Crippen molar-refractivity contribution in [1.82, 2.24) is 0 Å². The maximum absolute atomic E-state index is 14.0. The van der Waals surface area contributed by atoms with Crippen LogP contribution in [0, 0.1) is 11.2 Å². The number of amidine groups is 1. The zero-order chi connectivity index (χ0) is 14.1. The average molecular weight is 289 g/mol. The molecular formula is C15H16FN3S. The Morgan fingerprint density at radius 3 is 2.80 bits per heavy atom. The molecule has 1 heterocycles. The third-order valence-corrected chi connectivity index (χ3v) is 4.22. The largest absolute Gasteiger partial charge is 0.384 e. The van der Waals surface area contributed by atoms with Crippen LogP contribution in [0.15, 0.2) is 35.0 Å².